The van der Waals surface area contributed by atoms with Crippen LogP contribution in [0.4, 0.5) is 0 Å². The number of aliphatic carboxylic acids is 1. The van der Waals surface area contributed by atoms with Crippen molar-refractivity contribution in [2.45, 2.75) is 25.8 Å². The largest absolute Gasteiger partial charge is 0.549 e. The van der Waals surface area contributed by atoms with E-state index in [0.717, 1.165) is 22.2 Å². The smallest absolute Gasteiger partial charge is 0.0504 e. The highest BCUT2D eigenvalue weighted by atomic mass is 16.4. The molecule has 0 radical (unpaired) electrons. The van der Waals surface area contributed by atoms with Crippen LogP contribution in [0.5, 0.6) is 0 Å². The first-order chi connectivity index (χ1) is 9.04. The van der Waals surface area contributed by atoms with Gasteiger partial charge in [0.25, 0.3) is 0 Å². The molecule has 2 aromatic rings. The van der Waals surface area contributed by atoms with Crippen LogP contribution in [0, 0.1) is 0 Å². The maximum atomic E-state index is 11.3. The fraction of sp³-hybridized carbons (Fsp3) is 0.400. The van der Waals surface area contributed by atoms with E-state index in [1.807, 2.05) is 50.2 Å². The number of fused-ring (bicyclic) bond motifs is 1. The molecular weight excluding hydrogens is 240 g/mol. The molecule has 0 saturated carbocycles. The molecule has 0 spiro atoms. The SMILES string of the molecule is CCC(C(=O)[O-])c1[nH]c2ccccc2c1CN(C)C. The molecule has 4 nitrogen and oxygen atoms in total. The van der Waals surface area contributed by atoms with Crippen molar-refractivity contribution in [1.29, 1.82) is 0 Å². The van der Waals surface area contributed by atoms with Crippen LogP contribution in [-0.4, -0.2) is 29.9 Å². The maximum absolute atomic E-state index is 11.3. The van der Waals surface area contributed by atoms with Gasteiger partial charge in [-0.05, 0) is 32.1 Å². The third-order valence-corrected chi connectivity index (χ3v) is 3.36. The van der Waals surface area contributed by atoms with E-state index in [0.29, 0.717) is 13.0 Å². The van der Waals surface area contributed by atoms with Crippen molar-refractivity contribution < 1.29 is 9.90 Å². The van der Waals surface area contributed by atoms with Crippen LogP contribution in [0.15, 0.2) is 24.3 Å². The van der Waals surface area contributed by atoms with Gasteiger partial charge in [-0.2, -0.15) is 0 Å². The van der Waals surface area contributed by atoms with E-state index in [-0.39, 0.29) is 0 Å². The normalized spacial score (nSPS) is 13.1. The van der Waals surface area contributed by atoms with Gasteiger partial charge in [0.05, 0.1) is 5.97 Å². The number of benzene rings is 1. The van der Waals surface area contributed by atoms with E-state index in [4.69, 9.17) is 0 Å². The van der Waals surface area contributed by atoms with Gasteiger partial charge in [-0.15, -0.1) is 0 Å². The van der Waals surface area contributed by atoms with Gasteiger partial charge in [0.15, 0.2) is 0 Å². The maximum Gasteiger partial charge on any atom is 0.0504 e. The van der Waals surface area contributed by atoms with Crippen LogP contribution in [0.3, 0.4) is 0 Å². The molecule has 1 heterocycles. The molecule has 0 aliphatic heterocycles. The molecule has 1 atom stereocenters. The molecule has 0 aliphatic carbocycles. The second kappa shape index (κ2) is 5.45. The summed E-state index contributed by atoms with van der Waals surface area (Å²) in [6.45, 7) is 2.58. The fourth-order valence-electron chi connectivity index (χ4n) is 2.49. The molecule has 4 heteroatoms. The van der Waals surface area contributed by atoms with Crippen molar-refractivity contribution in [1.82, 2.24) is 9.88 Å². The van der Waals surface area contributed by atoms with Crippen LogP contribution in [0.25, 0.3) is 10.9 Å². The van der Waals surface area contributed by atoms with E-state index in [1.165, 1.54) is 0 Å². The molecule has 1 unspecified atom stereocenters. The van der Waals surface area contributed by atoms with Crippen LogP contribution in [0.2, 0.25) is 0 Å². The Morgan fingerprint density at radius 3 is 2.63 bits per heavy atom. The lowest BCUT2D eigenvalue weighted by Gasteiger charge is -2.18. The third kappa shape index (κ3) is 2.63. The highest BCUT2D eigenvalue weighted by Gasteiger charge is 2.19. The first-order valence-corrected chi connectivity index (χ1v) is 6.49. The molecule has 1 aromatic heterocycles. The summed E-state index contributed by atoms with van der Waals surface area (Å²) in [5.41, 5.74) is 2.81. The summed E-state index contributed by atoms with van der Waals surface area (Å²) >= 11 is 0. The van der Waals surface area contributed by atoms with Crippen molar-refractivity contribution in [2.24, 2.45) is 0 Å². The highest BCUT2D eigenvalue weighted by Crippen LogP contribution is 2.30. The minimum atomic E-state index is -1.02. The van der Waals surface area contributed by atoms with E-state index < -0.39 is 11.9 Å². The zero-order valence-electron chi connectivity index (χ0n) is 11.6. The summed E-state index contributed by atoms with van der Waals surface area (Å²) in [4.78, 5) is 16.6. The molecule has 0 saturated heterocycles. The Labute approximate surface area is 113 Å². The number of carboxylic acid groups (broad SMARTS) is 1. The number of hydrogen-bond acceptors (Lipinski definition) is 3. The lowest BCUT2D eigenvalue weighted by molar-refractivity contribution is -0.308. The number of nitrogens with zero attached hydrogens (tertiary/aromatic N) is 1. The predicted octanol–water partition coefficient (Wildman–Crippen LogP) is 1.47. The Kier molecular flexibility index (Phi) is 3.90. The van der Waals surface area contributed by atoms with Crippen molar-refractivity contribution >= 4 is 16.9 Å². The zero-order chi connectivity index (χ0) is 14.0. The Morgan fingerprint density at radius 1 is 1.37 bits per heavy atom. The van der Waals surface area contributed by atoms with E-state index in [1.54, 1.807) is 0 Å². The van der Waals surface area contributed by atoms with Crippen LogP contribution in [0.1, 0.15) is 30.5 Å². The Morgan fingerprint density at radius 2 is 2.05 bits per heavy atom. The minimum absolute atomic E-state index is 0.523. The number of H-pyrrole nitrogens is 1. The van der Waals surface area contributed by atoms with Gasteiger partial charge in [-0.3, -0.25) is 0 Å². The molecule has 2 rings (SSSR count). The minimum Gasteiger partial charge on any atom is -0.549 e. The molecule has 1 N–H and O–H groups in total. The van der Waals surface area contributed by atoms with E-state index >= 15 is 0 Å². The van der Waals surface area contributed by atoms with Crippen molar-refractivity contribution in [3.8, 4) is 0 Å². The monoisotopic (exact) mass is 259 g/mol. The first-order valence-electron chi connectivity index (χ1n) is 6.49. The first kappa shape index (κ1) is 13.6. The van der Waals surface area contributed by atoms with Crippen LogP contribution in [-0.2, 0) is 11.3 Å². The number of carbonyl (C=O) groups is 1. The van der Waals surface area contributed by atoms with Crippen LogP contribution >= 0.6 is 0 Å². The lowest BCUT2D eigenvalue weighted by Crippen LogP contribution is -2.30. The van der Waals surface area contributed by atoms with Gasteiger partial charge in [-0.25, -0.2) is 0 Å². The van der Waals surface area contributed by atoms with Crippen molar-refractivity contribution in [3.05, 3.63) is 35.5 Å². The Bertz CT molecular complexity index is 587. The molecule has 102 valence electrons. The molecule has 0 bridgehead atoms. The lowest BCUT2D eigenvalue weighted by atomic mass is 9.97. The second-order valence-electron chi connectivity index (χ2n) is 5.08. The fourth-order valence-corrected chi connectivity index (χ4v) is 2.49. The quantitative estimate of drug-likeness (QED) is 0.884. The standard InChI is InChI=1S/C15H20N2O2/c1-4-10(15(18)19)14-12(9-17(2)3)11-7-5-6-8-13(11)16-14/h5-8,10,16H,4,9H2,1-3H3,(H,18,19)/p-1. The number of aromatic nitrogens is 1. The number of nitrogens with one attached hydrogen (secondary N) is 1. The van der Waals surface area contributed by atoms with Gasteiger partial charge >= 0.3 is 0 Å². The van der Waals surface area contributed by atoms with Crippen LogP contribution < -0.4 is 5.11 Å². The number of carboxylic acids is 1. The summed E-state index contributed by atoms with van der Waals surface area (Å²) in [7, 11) is 3.96. The predicted molar refractivity (Wildman–Crippen MR) is 73.7 cm³/mol. The Balaban J connectivity index is 2.61. The average molecular weight is 259 g/mol. The molecule has 1 aromatic carbocycles. The topological polar surface area (TPSA) is 59.2 Å². The summed E-state index contributed by atoms with van der Waals surface area (Å²) in [6.07, 6.45) is 0.523. The third-order valence-electron chi connectivity index (χ3n) is 3.36. The number of rotatable bonds is 5. The summed E-state index contributed by atoms with van der Waals surface area (Å²) in [5, 5.41) is 12.4. The molecule has 19 heavy (non-hydrogen) atoms. The van der Waals surface area contributed by atoms with Gasteiger partial charge in [0.2, 0.25) is 0 Å². The van der Waals surface area contributed by atoms with E-state index in [2.05, 4.69) is 4.98 Å². The average Bonchev–Trinajstić information content (AvgIpc) is 2.68. The summed E-state index contributed by atoms with van der Waals surface area (Å²) in [5.74, 6) is -1.60. The number of para-hydroxylation sites is 1. The summed E-state index contributed by atoms with van der Waals surface area (Å²) < 4.78 is 0. The van der Waals surface area contributed by atoms with Gasteiger partial charge in [0.1, 0.15) is 0 Å². The van der Waals surface area contributed by atoms with Gasteiger partial charge < -0.3 is 19.8 Å². The number of carbonyl (C=O) groups excluding carboxylic acids is 1. The molecule has 0 fully saturated rings. The highest BCUT2D eigenvalue weighted by molar-refractivity contribution is 5.87. The zero-order valence-corrected chi connectivity index (χ0v) is 11.6. The number of aromatic amines is 1. The van der Waals surface area contributed by atoms with Gasteiger partial charge in [-0.1, -0.05) is 25.1 Å². The van der Waals surface area contributed by atoms with Crippen molar-refractivity contribution in [3.63, 3.8) is 0 Å². The van der Waals surface area contributed by atoms with Gasteiger partial charge in [0, 0.05) is 29.1 Å². The van der Waals surface area contributed by atoms with Crippen molar-refractivity contribution in [2.75, 3.05) is 14.1 Å². The second-order valence-corrected chi connectivity index (χ2v) is 5.08. The molecule has 0 aliphatic rings. The number of hydrogen-bond donors (Lipinski definition) is 1. The molecule has 0 amide bonds. The Hall–Kier alpha value is -1.81. The summed E-state index contributed by atoms with van der Waals surface area (Å²) in [6, 6.07) is 7.91. The van der Waals surface area contributed by atoms with E-state index in [9.17, 15) is 9.90 Å². The molecular formula is C15H19N2O2-.